The highest BCUT2D eigenvalue weighted by molar-refractivity contribution is 6.28. The molecule has 0 radical (unpaired) electrons. The van der Waals surface area contributed by atoms with Crippen molar-refractivity contribution in [2.75, 3.05) is 0 Å². The van der Waals surface area contributed by atoms with Crippen LogP contribution in [0, 0.1) is 0 Å². The highest BCUT2D eigenvalue weighted by atomic mass is 35.5. The average molecular weight is 290 g/mol. The van der Waals surface area contributed by atoms with Gasteiger partial charge in [-0.2, -0.15) is 13.2 Å². The Balaban J connectivity index is 2.74. The third-order valence-corrected chi connectivity index (χ3v) is 2.77. The van der Waals surface area contributed by atoms with Gasteiger partial charge in [0.15, 0.2) is 0 Å². The molecule has 0 fully saturated rings. The molecule has 102 valence electrons. The Morgan fingerprint density at radius 1 is 1.32 bits per heavy atom. The highest BCUT2D eigenvalue weighted by Gasteiger charge is 2.33. The van der Waals surface area contributed by atoms with Crippen LogP contribution >= 0.6 is 11.6 Å². The minimum atomic E-state index is -4.48. The van der Waals surface area contributed by atoms with Gasteiger partial charge in [-0.05, 0) is 24.6 Å². The second-order valence-corrected chi connectivity index (χ2v) is 4.66. The molecule has 2 aromatic rings. The van der Waals surface area contributed by atoms with Gasteiger partial charge in [-0.1, -0.05) is 12.1 Å². The predicted octanol–water partition coefficient (Wildman–Crippen LogP) is 3.19. The largest absolute Gasteiger partial charge is 0.418 e. The summed E-state index contributed by atoms with van der Waals surface area (Å²) in [5, 5.41) is 0.122. The van der Waals surface area contributed by atoms with Crippen LogP contribution in [0.5, 0.6) is 0 Å². The summed E-state index contributed by atoms with van der Waals surface area (Å²) in [7, 11) is 0. The molecular formula is C12H11ClF3N3. The van der Waals surface area contributed by atoms with Crippen molar-refractivity contribution in [3.05, 3.63) is 34.7 Å². The Morgan fingerprint density at radius 2 is 2.00 bits per heavy atom. The minimum absolute atomic E-state index is 0.189. The van der Waals surface area contributed by atoms with Crippen molar-refractivity contribution in [2.45, 2.75) is 25.6 Å². The molecule has 0 aliphatic carbocycles. The lowest BCUT2D eigenvalue weighted by Crippen LogP contribution is -2.19. The van der Waals surface area contributed by atoms with Crippen molar-refractivity contribution in [1.82, 2.24) is 9.97 Å². The molecule has 0 aliphatic heterocycles. The van der Waals surface area contributed by atoms with Crippen LogP contribution in [0.25, 0.3) is 10.9 Å². The number of hydrogen-bond donors (Lipinski definition) is 1. The van der Waals surface area contributed by atoms with Gasteiger partial charge in [-0.3, -0.25) is 0 Å². The van der Waals surface area contributed by atoms with Gasteiger partial charge in [0.1, 0.15) is 0 Å². The molecule has 1 aromatic carbocycles. The van der Waals surface area contributed by atoms with Gasteiger partial charge in [0, 0.05) is 17.8 Å². The Labute approximate surface area is 112 Å². The molecule has 0 aliphatic rings. The fraction of sp³-hybridized carbons (Fsp3) is 0.333. The van der Waals surface area contributed by atoms with Crippen LogP contribution in [-0.2, 0) is 12.6 Å². The smallest absolute Gasteiger partial charge is 0.328 e. The van der Waals surface area contributed by atoms with E-state index in [2.05, 4.69) is 9.97 Å². The Hall–Kier alpha value is -1.40. The first-order valence-corrected chi connectivity index (χ1v) is 5.94. The highest BCUT2D eigenvalue weighted by Crippen LogP contribution is 2.34. The number of hydrogen-bond acceptors (Lipinski definition) is 3. The predicted molar refractivity (Wildman–Crippen MR) is 66.9 cm³/mol. The minimum Gasteiger partial charge on any atom is -0.328 e. The van der Waals surface area contributed by atoms with Crippen LogP contribution in [0.1, 0.15) is 18.2 Å². The fourth-order valence-electron chi connectivity index (χ4n) is 1.88. The molecule has 3 nitrogen and oxygen atoms in total. The first-order chi connectivity index (χ1) is 8.79. The van der Waals surface area contributed by atoms with Crippen LogP contribution in [0.4, 0.5) is 13.2 Å². The number of nitrogens with zero attached hydrogens (tertiary/aromatic N) is 2. The number of benzene rings is 1. The van der Waals surface area contributed by atoms with Gasteiger partial charge in [-0.15, -0.1) is 0 Å². The summed E-state index contributed by atoms with van der Waals surface area (Å²) in [6.45, 7) is 1.75. The zero-order chi connectivity index (χ0) is 14.2. The SMILES string of the molecule is CC(N)Cc1nc(Cl)nc2c(C(F)(F)F)cccc12. The molecule has 0 saturated heterocycles. The molecule has 2 N–H and O–H groups in total. The second kappa shape index (κ2) is 4.94. The summed E-state index contributed by atoms with van der Waals surface area (Å²) in [4.78, 5) is 7.68. The number of rotatable bonds is 2. The lowest BCUT2D eigenvalue weighted by atomic mass is 10.0. The molecule has 7 heteroatoms. The number of fused-ring (bicyclic) bond motifs is 1. The van der Waals surface area contributed by atoms with Gasteiger partial charge < -0.3 is 5.73 Å². The van der Waals surface area contributed by atoms with Gasteiger partial charge in [0.25, 0.3) is 0 Å². The van der Waals surface area contributed by atoms with E-state index in [1.165, 1.54) is 6.07 Å². The molecule has 1 atom stereocenters. The summed E-state index contributed by atoms with van der Waals surface area (Å²) in [6, 6.07) is 3.61. The van der Waals surface area contributed by atoms with E-state index in [0.29, 0.717) is 17.5 Å². The maximum absolute atomic E-state index is 12.9. The van der Waals surface area contributed by atoms with Crippen LogP contribution < -0.4 is 5.73 Å². The van der Waals surface area contributed by atoms with Gasteiger partial charge in [0.05, 0.1) is 16.8 Å². The van der Waals surface area contributed by atoms with Crippen molar-refractivity contribution in [1.29, 1.82) is 0 Å². The Morgan fingerprint density at radius 3 is 2.58 bits per heavy atom. The number of halogens is 4. The van der Waals surface area contributed by atoms with E-state index in [9.17, 15) is 13.2 Å². The molecule has 1 unspecified atom stereocenters. The van der Waals surface area contributed by atoms with Crippen LogP contribution in [0.15, 0.2) is 18.2 Å². The van der Waals surface area contributed by atoms with E-state index in [-0.39, 0.29) is 16.8 Å². The first-order valence-electron chi connectivity index (χ1n) is 5.57. The first kappa shape index (κ1) is 14.0. The maximum atomic E-state index is 12.9. The maximum Gasteiger partial charge on any atom is 0.418 e. The summed E-state index contributed by atoms with van der Waals surface area (Å²) < 4.78 is 38.7. The summed E-state index contributed by atoms with van der Waals surface area (Å²) in [5.74, 6) is 0. The van der Waals surface area contributed by atoms with E-state index >= 15 is 0 Å². The lowest BCUT2D eigenvalue weighted by Gasteiger charge is -2.13. The molecule has 1 heterocycles. The van der Waals surface area contributed by atoms with E-state index in [0.717, 1.165) is 6.07 Å². The summed E-state index contributed by atoms with van der Waals surface area (Å²) in [6.07, 6.45) is -4.15. The average Bonchev–Trinajstić information content (AvgIpc) is 2.25. The van der Waals surface area contributed by atoms with E-state index in [1.54, 1.807) is 13.0 Å². The molecule has 0 saturated carbocycles. The monoisotopic (exact) mass is 289 g/mol. The standard InChI is InChI=1S/C12H11ClF3N3/c1-6(17)5-9-7-3-2-4-8(12(14,15)16)10(7)19-11(13)18-9/h2-4,6H,5,17H2,1H3. The van der Waals surface area contributed by atoms with E-state index in [1.807, 2.05) is 0 Å². The van der Waals surface area contributed by atoms with Crippen LogP contribution in [0.2, 0.25) is 5.28 Å². The molecule has 0 amide bonds. The third-order valence-electron chi connectivity index (χ3n) is 2.60. The van der Waals surface area contributed by atoms with E-state index < -0.39 is 11.7 Å². The Bertz CT molecular complexity index is 611. The van der Waals surface area contributed by atoms with E-state index in [4.69, 9.17) is 17.3 Å². The molecule has 0 spiro atoms. The van der Waals surface area contributed by atoms with Crippen LogP contribution in [0.3, 0.4) is 0 Å². The lowest BCUT2D eigenvalue weighted by molar-refractivity contribution is -0.136. The van der Waals surface area contributed by atoms with Crippen molar-refractivity contribution < 1.29 is 13.2 Å². The summed E-state index contributed by atoms with van der Waals surface area (Å²) >= 11 is 5.70. The topological polar surface area (TPSA) is 51.8 Å². The van der Waals surface area contributed by atoms with Gasteiger partial charge in [0.2, 0.25) is 5.28 Å². The van der Waals surface area contributed by atoms with Gasteiger partial charge in [-0.25, -0.2) is 9.97 Å². The van der Waals surface area contributed by atoms with Crippen molar-refractivity contribution in [3.8, 4) is 0 Å². The zero-order valence-electron chi connectivity index (χ0n) is 10.0. The normalized spacial score (nSPS) is 13.8. The molecular weight excluding hydrogens is 279 g/mol. The van der Waals surface area contributed by atoms with Crippen molar-refractivity contribution in [2.24, 2.45) is 5.73 Å². The number of nitrogens with two attached hydrogens (primary N) is 1. The second-order valence-electron chi connectivity index (χ2n) is 4.32. The zero-order valence-corrected chi connectivity index (χ0v) is 10.8. The molecule has 0 bridgehead atoms. The third kappa shape index (κ3) is 2.96. The number of alkyl halides is 3. The summed E-state index contributed by atoms with van der Waals surface area (Å²) in [5.41, 5.74) is 5.08. The number of aromatic nitrogens is 2. The molecule has 1 aromatic heterocycles. The van der Waals surface area contributed by atoms with Crippen LogP contribution in [-0.4, -0.2) is 16.0 Å². The van der Waals surface area contributed by atoms with Crippen molar-refractivity contribution in [3.63, 3.8) is 0 Å². The molecule has 2 rings (SSSR count). The Kier molecular flexibility index (Phi) is 3.64. The quantitative estimate of drug-likeness (QED) is 0.864. The van der Waals surface area contributed by atoms with Crippen molar-refractivity contribution >= 4 is 22.5 Å². The molecule has 19 heavy (non-hydrogen) atoms. The van der Waals surface area contributed by atoms with Gasteiger partial charge >= 0.3 is 6.18 Å². The number of para-hydroxylation sites is 1. The fourth-order valence-corrected chi connectivity index (χ4v) is 2.06.